The molecule has 0 unspecified atom stereocenters. The molecule has 0 atom stereocenters. The van der Waals surface area contributed by atoms with Gasteiger partial charge in [0.25, 0.3) is 10.1 Å². The molecule has 0 bridgehead atoms. The predicted molar refractivity (Wildman–Crippen MR) is 84.7 cm³/mol. The van der Waals surface area contributed by atoms with Crippen LogP contribution in [0.2, 0.25) is 0 Å². The molecule has 0 aliphatic carbocycles. The van der Waals surface area contributed by atoms with Crippen molar-refractivity contribution in [2.75, 3.05) is 0 Å². The normalized spacial score (nSPS) is 10.1. The van der Waals surface area contributed by atoms with E-state index in [0.717, 1.165) is 11.0 Å². The molecule has 106 valence electrons. The van der Waals surface area contributed by atoms with Crippen LogP contribution in [-0.2, 0) is 10.1 Å². The van der Waals surface area contributed by atoms with Gasteiger partial charge in [0.05, 0.1) is 5.41 Å². The first kappa shape index (κ1) is 19.8. The van der Waals surface area contributed by atoms with Gasteiger partial charge < -0.3 is 1.43 Å². The average Bonchev–Trinajstić information content (AvgIpc) is 2.47. The van der Waals surface area contributed by atoms with E-state index in [1.165, 1.54) is 11.6 Å². The molecule has 5 heteroatoms. The molecule has 0 aliphatic heterocycles. The van der Waals surface area contributed by atoms with Crippen molar-refractivity contribution in [2.45, 2.75) is 0 Å². The van der Waals surface area contributed by atoms with Crippen molar-refractivity contribution in [2.24, 2.45) is 0 Å². The van der Waals surface area contributed by atoms with Crippen LogP contribution in [0, 0.1) is 0 Å². The fourth-order valence-corrected chi connectivity index (χ4v) is 1.65. The summed E-state index contributed by atoms with van der Waals surface area (Å²) in [7, 11) is -4.00. The van der Waals surface area contributed by atoms with Crippen molar-refractivity contribution < 1.29 is 44.0 Å². The molecule has 0 spiro atoms. The van der Waals surface area contributed by atoms with Crippen molar-refractivity contribution >= 4 is 22.3 Å². The van der Waals surface area contributed by atoms with Crippen LogP contribution in [0.5, 0.6) is 0 Å². The molecule has 2 aromatic rings. The molecule has 21 heavy (non-hydrogen) atoms. The van der Waals surface area contributed by atoms with E-state index in [1.54, 1.807) is 24.3 Å². The summed E-state index contributed by atoms with van der Waals surface area (Å²) < 4.78 is 28.9. The summed E-state index contributed by atoms with van der Waals surface area (Å²) in [5.74, 6) is 0. The zero-order chi connectivity index (χ0) is 14.8. The molecule has 0 radical (unpaired) electrons. The predicted octanol–water partition coefficient (Wildman–Crippen LogP) is 0.991. The maximum Gasteiger partial charge on any atom is 1.00 e. The van der Waals surface area contributed by atoms with Gasteiger partial charge in [-0.3, -0.25) is 4.55 Å². The zero-order valence-electron chi connectivity index (χ0n) is 12.9. The van der Waals surface area contributed by atoms with Gasteiger partial charge in [-0.15, -0.1) is 0 Å². The number of rotatable bonds is 3. The van der Waals surface area contributed by atoms with Gasteiger partial charge in [-0.25, -0.2) is 0 Å². The maximum absolute atomic E-state index is 10.3. The van der Waals surface area contributed by atoms with Crippen LogP contribution < -0.4 is 29.6 Å². The van der Waals surface area contributed by atoms with E-state index in [2.05, 4.69) is 6.58 Å². The number of benzene rings is 2. The minimum Gasteiger partial charge on any atom is -1.00 e. The van der Waals surface area contributed by atoms with E-state index in [9.17, 15) is 8.42 Å². The minimum absolute atomic E-state index is 0. The van der Waals surface area contributed by atoms with Crippen molar-refractivity contribution in [3.63, 3.8) is 0 Å². The first-order valence-corrected chi connectivity index (χ1v) is 7.40. The van der Waals surface area contributed by atoms with Crippen LogP contribution in [0.1, 0.15) is 12.6 Å². The molecule has 0 aliphatic rings. The Balaban J connectivity index is 0. The van der Waals surface area contributed by atoms with Gasteiger partial charge in [-0.1, -0.05) is 73.3 Å². The first-order chi connectivity index (χ1) is 9.51. The molecule has 0 amide bonds. The smallest absolute Gasteiger partial charge is 1.00 e. The van der Waals surface area contributed by atoms with E-state index >= 15 is 0 Å². The Kier molecular flexibility index (Phi) is 9.95. The molecule has 0 aromatic heterocycles. The zero-order valence-corrected chi connectivity index (χ0v) is 14.7. The van der Waals surface area contributed by atoms with E-state index in [0.29, 0.717) is 0 Å². The maximum atomic E-state index is 10.3. The summed E-state index contributed by atoms with van der Waals surface area (Å²) >= 11 is 0. The SMILES string of the molecule is C=Cc1ccccc1.O=S(=O)(O)C=Cc1ccccc1.[H-].[Na+]. The van der Waals surface area contributed by atoms with Gasteiger partial charge in [0.1, 0.15) is 0 Å². The van der Waals surface area contributed by atoms with Gasteiger partial charge >= 0.3 is 29.6 Å². The molecule has 2 aromatic carbocycles. The van der Waals surface area contributed by atoms with Crippen LogP contribution >= 0.6 is 0 Å². The molecule has 0 fully saturated rings. The fraction of sp³-hybridized carbons (Fsp3) is 0. The second-order valence-corrected chi connectivity index (χ2v) is 5.15. The van der Waals surface area contributed by atoms with Crippen molar-refractivity contribution in [3.8, 4) is 0 Å². The summed E-state index contributed by atoms with van der Waals surface area (Å²) in [4.78, 5) is 0. The van der Waals surface area contributed by atoms with Gasteiger partial charge in [0, 0.05) is 0 Å². The number of hydrogen-bond donors (Lipinski definition) is 1. The van der Waals surface area contributed by atoms with Gasteiger partial charge in [-0.05, 0) is 17.2 Å². The van der Waals surface area contributed by atoms with Crippen molar-refractivity contribution in [3.05, 3.63) is 83.8 Å². The number of hydrogen-bond acceptors (Lipinski definition) is 2. The van der Waals surface area contributed by atoms with E-state index in [1.807, 2.05) is 42.5 Å². The summed E-state index contributed by atoms with van der Waals surface area (Å²) in [5.41, 5.74) is 1.91. The Hall–Kier alpha value is -1.17. The van der Waals surface area contributed by atoms with Gasteiger partial charge in [-0.2, -0.15) is 8.42 Å². The molecule has 1 N–H and O–H groups in total. The fourth-order valence-electron chi connectivity index (χ4n) is 1.32. The Morgan fingerprint density at radius 3 is 1.67 bits per heavy atom. The van der Waals surface area contributed by atoms with Gasteiger partial charge in [0.2, 0.25) is 0 Å². The monoisotopic (exact) mass is 312 g/mol. The van der Waals surface area contributed by atoms with Crippen LogP contribution in [0.3, 0.4) is 0 Å². The minimum atomic E-state index is -4.00. The summed E-state index contributed by atoms with van der Waals surface area (Å²) in [6.45, 7) is 3.63. The Morgan fingerprint density at radius 2 is 1.33 bits per heavy atom. The van der Waals surface area contributed by atoms with Crippen LogP contribution in [0.15, 0.2) is 72.7 Å². The molecular formula is C16H17NaO3S. The largest absolute Gasteiger partial charge is 1.00 e. The summed E-state index contributed by atoms with van der Waals surface area (Å²) in [6, 6.07) is 18.9. The third-order valence-corrected chi connectivity index (χ3v) is 2.75. The van der Waals surface area contributed by atoms with E-state index in [-0.39, 0.29) is 31.0 Å². The second kappa shape index (κ2) is 10.5. The standard InChI is InChI=1S/C8H8O3S.C8H8.Na.H/c9-12(10,11)7-6-8-4-2-1-3-5-8;1-2-8-6-4-3-5-7-8;;/h1-7H,(H,9,10,11);2-7H,1H2;;/q;;+1;-1. The molecular weight excluding hydrogens is 295 g/mol. The van der Waals surface area contributed by atoms with Gasteiger partial charge in [0.15, 0.2) is 0 Å². The third kappa shape index (κ3) is 10.2. The summed E-state index contributed by atoms with van der Waals surface area (Å²) in [6.07, 6.45) is 3.16. The Bertz CT molecular complexity index is 656. The molecule has 3 nitrogen and oxygen atoms in total. The average molecular weight is 312 g/mol. The van der Waals surface area contributed by atoms with Crippen LogP contribution in [-0.4, -0.2) is 13.0 Å². The molecule has 0 saturated heterocycles. The Morgan fingerprint density at radius 1 is 0.905 bits per heavy atom. The molecule has 2 rings (SSSR count). The third-order valence-electron chi connectivity index (χ3n) is 2.27. The molecule has 0 saturated carbocycles. The Labute approximate surface area is 149 Å². The van der Waals surface area contributed by atoms with Crippen molar-refractivity contribution in [1.82, 2.24) is 0 Å². The topological polar surface area (TPSA) is 54.4 Å². The summed E-state index contributed by atoms with van der Waals surface area (Å²) in [5, 5.41) is 0.752. The second-order valence-electron chi connectivity index (χ2n) is 3.84. The van der Waals surface area contributed by atoms with Crippen molar-refractivity contribution in [1.29, 1.82) is 0 Å². The van der Waals surface area contributed by atoms with E-state index in [4.69, 9.17) is 4.55 Å². The van der Waals surface area contributed by atoms with E-state index < -0.39 is 10.1 Å². The van der Waals surface area contributed by atoms with Crippen LogP contribution in [0.4, 0.5) is 0 Å². The van der Waals surface area contributed by atoms with Crippen LogP contribution in [0.25, 0.3) is 12.2 Å². The quantitative estimate of drug-likeness (QED) is 0.679. The molecule has 0 heterocycles. The first-order valence-electron chi connectivity index (χ1n) is 5.89.